The number of hydrogen-bond acceptors (Lipinski definition) is 3. The zero-order valence-electron chi connectivity index (χ0n) is 9.00. The van der Waals surface area contributed by atoms with Crippen molar-refractivity contribution in [3.63, 3.8) is 0 Å². The molecule has 0 aliphatic carbocycles. The molecule has 3 heterocycles. The summed E-state index contributed by atoms with van der Waals surface area (Å²) in [5, 5.41) is 9.66. The highest BCUT2D eigenvalue weighted by atomic mass is 16.3. The topological polar surface area (TPSA) is 53.7 Å². The first-order valence-corrected chi connectivity index (χ1v) is 5.80. The fourth-order valence-corrected chi connectivity index (χ4v) is 3.01. The smallest absolute Gasteiger partial charge is 0.290 e. The first-order chi connectivity index (χ1) is 7.75. The molecule has 0 aromatic carbocycles. The van der Waals surface area contributed by atoms with Crippen molar-refractivity contribution in [2.24, 2.45) is 0 Å². The molecule has 4 heteroatoms. The van der Waals surface area contributed by atoms with E-state index < -0.39 is 0 Å². The SMILES string of the molecule is O=C(c1ccco1)N1C2CCC1CC(O)C2. The molecule has 4 nitrogen and oxygen atoms in total. The minimum atomic E-state index is -0.238. The Labute approximate surface area is 93.8 Å². The van der Waals surface area contributed by atoms with Crippen LogP contribution in [0.3, 0.4) is 0 Å². The van der Waals surface area contributed by atoms with Crippen LogP contribution in [0.1, 0.15) is 36.2 Å². The van der Waals surface area contributed by atoms with Gasteiger partial charge < -0.3 is 14.4 Å². The maximum Gasteiger partial charge on any atom is 0.290 e. The van der Waals surface area contributed by atoms with E-state index in [1.54, 1.807) is 12.1 Å². The molecule has 1 aromatic heterocycles. The standard InChI is InChI=1S/C12H15NO3/c14-10-6-8-3-4-9(7-10)13(8)12(15)11-2-1-5-16-11/h1-2,5,8-10,14H,3-4,6-7H2. The third-order valence-electron chi connectivity index (χ3n) is 3.67. The number of hydrogen-bond donors (Lipinski definition) is 1. The Balaban J connectivity index is 1.84. The molecule has 16 heavy (non-hydrogen) atoms. The van der Waals surface area contributed by atoms with Crippen LogP contribution in [0.25, 0.3) is 0 Å². The number of nitrogens with zero attached hydrogens (tertiary/aromatic N) is 1. The molecule has 2 atom stereocenters. The molecule has 2 aliphatic heterocycles. The molecule has 86 valence electrons. The van der Waals surface area contributed by atoms with Crippen molar-refractivity contribution in [2.75, 3.05) is 0 Å². The third kappa shape index (κ3) is 1.45. The van der Waals surface area contributed by atoms with Crippen LogP contribution in [0.15, 0.2) is 22.8 Å². The summed E-state index contributed by atoms with van der Waals surface area (Å²) in [7, 11) is 0. The molecule has 2 fully saturated rings. The minimum Gasteiger partial charge on any atom is -0.459 e. The molecule has 1 aromatic rings. The summed E-state index contributed by atoms with van der Waals surface area (Å²) < 4.78 is 5.15. The van der Waals surface area contributed by atoms with Gasteiger partial charge >= 0.3 is 0 Å². The van der Waals surface area contributed by atoms with E-state index in [0.29, 0.717) is 18.6 Å². The van der Waals surface area contributed by atoms with Gasteiger partial charge in [0.2, 0.25) is 0 Å². The van der Waals surface area contributed by atoms with Gasteiger partial charge in [-0.05, 0) is 37.8 Å². The fraction of sp³-hybridized carbons (Fsp3) is 0.583. The summed E-state index contributed by atoms with van der Waals surface area (Å²) in [5.41, 5.74) is 0. The van der Waals surface area contributed by atoms with Crippen LogP contribution in [-0.4, -0.2) is 34.1 Å². The predicted octanol–water partition coefficient (Wildman–Crippen LogP) is 1.41. The van der Waals surface area contributed by atoms with E-state index in [1.165, 1.54) is 6.26 Å². The van der Waals surface area contributed by atoms with Crippen LogP contribution < -0.4 is 0 Å². The van der Waals surface area contributed by atoms with E-state index in [4.69, 9.17) is 4.42 Å². The monoisotopic (exact) mass is 221 g/mol. The Kier molecular flexibility index (Phi) is 2.24. The van der Waals surface area contributed by atoms with Gasteiger partial charge in [-0.25, -0.2) is 0 Å². The van der Waals surface area contributed by atoms with Crippen molar-refractivity contribution in [3.05, 3.63) is 24.2 Å². The van der Waals surface area contributed by atoms with Crippen LogP contribution in [0.4, 0.5) is 0 Å². The normalized spacial score (nSPS) is 33.1. The van der Waals surface area contributed by atoms with E-state index >= 15 is 0 Å². The van der Waals surface area contributed by atoms with Gasteiger partial charge in [-0.1, -0.05) is 0 Å². The summed E-state index contributed by atoms with van der Waals surface area (Å²) in [6.45, 7) is 0. The van der Waals surface area contributed by atoms with E-state index in [9.17, 15) is 9.90 Å². The number of rotatable bonds is 1. The Morgan fingerprint density at radius 2 is 2.06 bits per heavy atom. The molecule has 0 radical (unpaired) electrons. The van der Waals surface area contributed by atoms with Crippen molar-refractivity contribution >= 4 is 5.91 Å². The zero-order chi connectivity index (χ0) is 11.1. The van der Waals surface area contributed by atoms with Gasteiger partial charge in [-0.2, -0.15) is 0 Å². The van der Waals surface area contributed by atoms with Gasteiger partial charge in [0.25, 0.3) is 5.91 Å². The third-order valence-corrected chi connectivity index (χ3v) is 3.67. The summed E-state index contributed by atoms with van der Waals surface area (Å²) in [6, 6.07) is 3.83. The lowest BCUT2D eigenvalue weighted by molar-refractivity contribution is 0.0264. The molecule has 0 spiro atoms. The van der Waals surface area contributed by atoms with Crippen LogP contribution in [0.2, 0.25) is 0 Å². The first-order valence-electron chi connectivity index (χ1n) is 5.80. The van der Waals surface area contributed by atoms with E-state index in [2.05, 4.69) is 0 Å². The lowest BCUT2D eigenvalue weighted by Gasteiger charge is -2.36. The largest absolute Gasteiger partial charge is 0.459 e. The molecule has 1 N–H and O–H groups in total. The molecule has 1 amide bonds. The number of furan rings is 1. The summed E-state index contributed by atoms with van der Waals surface area (Å²) >= 11 is 0. The van der Waals surface area contributed by atoms with Crippen molar-refractivity contribution in [1.82, 2.24) is 4.90 Å². The number of fused-ring (bicyclic) bond motifs is 2. The number of aliphatic hydroxyl groups is 1. The average Bonchev–Trinajstić information content (AvgIpc) is 2.85. The Bertz CT molecular complexity index is 373. The van der Waals surface area contributed by atoms with Gasteiger partial charge in [-0.3, -0.25) is 4.79 Å². The number of carbonyl (C=O) groups is 1. The second-order valence-electron chi connectivity index (χ2n) is 4.70. The Morgan fingerprint density at radius 3 is 2.62 bits per heavy atom. The molecule has 0 saturated carbocycles. The first kappa shape index (κ1) is 9.90. The second-order valence-corrected chi connectivity index (χ2v) is 4.70. The van der Waals surface area contributed by atoms with Crippen LogP contribution >= 0.6 is 0 Å². The van der Waals surface area contributed by atoms with Gasteiger partial charge in [0.15, 0.2) is 5.76 Å². The van der Waals surface area contributed by atoms with Crippen molar-refractivity contribution in [2.45, 2.75) is 43.9 Å². The van der Waals surface area contributed by atoms with Crippen molar-refractivity contribution in [1.29, 1.82) is 0 Å². The van der Waals surface area contributed by atoms with Gasteiger partial charge in [-0.15, -0.1) is 0 Å². The fourth-order valence-electron chi connectivity index (χ4n) is 3.01. The minimum absolute atomic E-state index is 0.0237. The predicted molar refractivity (Wildman–Crippen MR) is 56.9 cm³/mol. The van der Waals surface area contributed by atoms with E-state index in [1.807, 2.05) is 4.90 Å². The lowest BCUT2D eigenvalue weighted by atomic mass is 9.99. The quantitative estimate of drug-likeness (QED) is 0.780. The van der Waals surface area contributed by atoms with E-state index in [-0.39, 0.29) is 24.1 Å². The van der Waals surface area contributed by atoms with Crippen LogP contribution in [-0.2, 0) is 0 Å². The number of carbonyl (C=O) groups excluding carboxylic acids is 1. The molecular weight excluding hydrogens is 206 g/mol. The highest BCUT2D eigenvalue weighted by Crippen LogP contribution is 2.36. The van der Waals surface area contributed by atoms with Gasteiger partial charge in [0.1, 0.15) is 0 Å². The van der Waals surface area contributed by atoms with Gasteiger partial charge in [0, 0.05) is 12.1 Å². The molecule has 2 unspecified atom stereocenters. The lowest BCUT2D eigenvalue weighted by Crippen LogP contribution is -2.47. The molecule has 2 aliphatic rings. The maximum absolute atomic E-state index is 12.2. The Morgan fingerprint density at radius 1 is 1.38 bits per heavy atom. The molecular formula is C12H15NO3. The highest BCUT2D eigenvalue weighted by Gasteiger charge is 2.43. The highest BCUT2D eigenvalue weighted by molar-refractivity contribution is 5.92. The summed E-state index contributed by atoms with van der Waals surface area (Å²) in [6.07, 6.45) is 4.72. The second kappa shape index (κ2) is 3.63. The van der Waals surface area contributed by atoms with Crippen molar-refractivity contribution in [3.8, 4) is 0 Å². The summed E-state index contributed by atoms with van der Waals surface area (Å²) in [5.74, 6) is 0.387. The van der Waals surface area contributed by atoms with Crippen molar-refractivity contribution < 1.29 is 14.3 Å². The zero-order valence-corrected chi connectivity index (χ0v) is 9.00. The van der Waals surface area contributed by atoms with Gasteiger partial charge in [0.05, 0.1) is 12.4 Å². The Hall–Kier alpha value is -1.29. The van der Waals surface area contributed by atoms with Crippen LogP contribution in [0, 0.1) is 0 Å². The molecule has 2 bridgehead atoms. The molecule has 3 rings (SSSR count). The number of piperidine rings is 1. The average molecular weight is 221 g/mol. The number of amides is 1. The number of aliphatic hydroxyl groups excluding tert-OH is 1. The summed E-state index contributed by atoms with van der Waals surface area (Å²) in [4.78, 5) is 14.1. The maximum atomic E-state index is 12.2. The van der Waals surface area contributed by atoms with E-state index in [0.717, 1.165) is 12.8 Å². The molecule has 2 saturated heterocycles. The van der Waals surface area contributed by atoms with Crippen LogP contribution in [0.5, 0.6) is 0 Å².